The van der Waals surface area contributed by atoms with Crippen LogP contribution in [0.15, 0.2) is 24.3 Å². The highest BCUT2D eigenvalue weighted by molar-refractivity contribution is 7.98. The van der Waals surface area contributed by atoms with Crippen molar-refractivity contribution in [2.75, 3.05) is 12.0 Å². The molecule has 6 N–H and O–H groups in total. The molecular formula is C17H25N3O5S. The number of hydrogen-bond acceptors (Lipinski definition) is 6. The first-order valence-corrected chi connectivity index (χ1v) is 9.50. The molecule has 0 aliphatic rings. The van der Waals surface area contributed by atoms with Gasteiger partial charge in [-0.15, -0.1) is 0 Å². The first-order chi connectivity index (χ1) is 12.2. The maximum Gasteiger partial charge on any atom is 0.326 e. The summed E-state index contributed by atoms with van der Waals surface area (Å²) in [5, 5.41) is 23.7. The number of nitrogens with two attached hydrogens (primary N) is 1. The number of carboxylic acids is 1. The van der Waals surface area contributed by atoms with Crippen molar-refractivity contribution in [2.24, 2.45) is 5.73 Å². The number of hydrogen-bond donors (Lipinski definition) is 5. The van der Waals surface area contributed by atoms with Crippen molar-refractivity contribution < 1.29 is 24.6 Å². The Hall–Kier alpha value is -2.26. The minimum absolute atomic E-state index is 0.0534. The van der Waals surface area contributed by atoms with E-state index in [-0.39, 0.29) is 12.2 Å². The quantitative estimate of drug-likeness (QED) is 0.385. The molecular weight excluding hydrogens is 358 g/mol. The summed E-state index contributed by atoms with van der Waals surface area (Å²) in [5.41, 5.74) is 6.16. The van der Waals surface area contributed by atoms with Gasteiger partial charge < -0.3 is 26.6 Å². The number of carboxylic acid groups (broad SMARTS) is 1. The fourth-order valence-electron chi connectivity index (χ4n) is 2.15. The number of benzene rings is 1. The minimum atomic E-state index is -1.19. The van der Waals surface area contributed by atoms with Crippen LogP contribution in [0, 0.1) is 0 Å². The van der Waals surface area contributed by atoms with Crippen LogP contribution < -0.4 is 16.4 Å². The third kappa shape index (κ3) is 7.32. The number of aliphatic carboxylic acids is 1. The van der Waals surface area contributed by atoms with Crippen molar-refractivity contribution in [3.8, 4) is 5.75 Å². The van der Waals surface area contributed by atoms with E-state index in [2.05, 4.69) is 10.6 Å². The second-order valence-corrected chi connectivity index (χ2v) is 6.89. The number of rotatable bonds is 10. The van der Waals surface area contributed by atoms with Gasteiger partial charge in [-0.25, -0.2) is 4.79 Å². The maximum absolute atomic E-state index is 12.5. The van der Waals surface area contributed by atoms with E-state index >= 15 is 0 Å². The standard InChI is InChI=1S/C17H25N3O5S/c1-10(18)15(22)19-13(7-8-26-2)16(23)20-14(17(24)25)9-11-3-5-12(21)6-4-11/h3-6,10,13-14,21H,7-9,18H2,1-2H3,(H,19,22)(H,20,23)(H,24,25)/t10-,13-,14-/m0/s1. The topological polar surface area (TPSA) is 142 Å². The average molecular weight is 383 g/mol. The molecule has 0 saturated carbocycles. The molecule has 0 fully saturated rings. The average Bonchev–Trinajstić information content (AvgIpc) is 2.59. The lowest BCUT2D eigenvalue weighted by molar-refractivity contribution is -0.142. The molecule has 8 nitrogen and oxygen atoms in total. The Balaban J connectivity index is 2.81. The van der Waals surface area contributed by atoms with Crippen LogP contribution in [-0.2, 0) is 20.8 Å². The Morgan fingerprint density at radius 2 is 1.69 bits per heavy atom. The third-order valence-corrected chi connectivity index (χ3v) is 4.29. The first-order valence-electron chi connectivity index (χ1n) is 8.10. The zero-order chi connectivity index (χ0) is 19.7. The largest absolute Gasteiger partial charge is 0.508 e. The van der Waals surface area contributed by atoms with Gasteiger partial charge >= 0.3 is 5.97 Å². The molecule has 2 amide bonds. The molecule has 0 aliphatic heterocycles. The molecule has 3 atom stereocenters. The molecule has 0 heterocycles. The monoisotopic (exact) mass is 383 g/mol. The number of carbonyl (C=O) groups excluding carboxylic acids is 2. The number of phenolic OH excluding ortho intramolecular Hbond substituents is 1. The van der Waals surface area contributed by atoms with E-state index in [0.29, 0.717) is 17.7 Å². The molecule has 0 aromatic heterocycles. The second kappa shape index (κ2) is 10.7. The normalized spacial score (nSPS) is 14.1. The van der Waals surface area contributed by atoms with Gasteiger partial charge in [0.1, 0.15) is 17.8 Å². The van der Waals surface area contributed by atoms with E-state index in [1.807, 2.05) is 6.26 Å². The van der Waals surface area contributed by atoms with E-state index in [0.717, 1.165) is 0 Å². The van der Waals surface area contributed by atoms with Crippen molar-refractivity contribution >= 4 is 29.5 Å². The molecule has 1 aromatic carbocycles. The van der Waals surface area contributed by atoms with Gasteiger partial charge in [-0.2, -0.15) is 11.8 Å². The van der Waals surface area contributed by atoms with Crippen LogP contribution in [0.3, 0.4) is 0 Å². The maximum atomic E-state index is 12.5. The van der Waals surface area contributed by atoms with E-state index in [9.17, 15) is 24.6 Å². The predicted octanol–water partition coefficient (Wildman–Crippen LogP) is 0.0892. The summed E-state index contributed by atoms with van der Waals surface area (Å²) in [5.74, 6) is -1.54. The van der Waals surface area contributed by atoms with Gasteiger partial charge in [0, 0.05) is 6.42 Å². The summed E-state index contributed by atoms with van der Waals surface area (Å²) in [6, 6.07) is 3.27. The van der Waals surface area contributed by atoms with Gasteiger partial charge in [0.25, 0.3) is 0 Å². The van der Waals surface area contributed by atoms with Gasteiger partial charge in [-0.05, 0) is 43.0 Å². The van der Waals surface area contributed by atoms with E-state index in [4.69, 9.17) is 5.73 Å². The fraction of sp³-hybridized carbons (Fsp3) is 0.471. The number of aromatic hydroxyl groups is 1. The van der Waals surface area contributed by atoms with Crippen molar-refractivity contribution in [3.05, 3.63) is 29.8 Å². The van der Waals surface area contributed by atoms with E-state index in [1.165, 1.54) is 30.8 Å². The zero-order valence-corrected chi connectivity index (χ0v) is 15.6. The van der Waals surface area contributed by atoms with Gasteiger partial charge in [0.2, 0.25) is 11.8 Å². The molecule has 0 radical (unpaired) electrons. The van der Waals surface area contributed by atoms with Gasteiger partial charge in [-0.1, -0.05) is 12.1 Å². The smallest absolute Gasteiger partial charge is 0.326 e. The van der Waals surface area contributed by atoms with Crippen LogP contribution in [0.25, 0.3) is 0 Å². The Morgan fingerprint density at radius 3 is 2.19 bits per heavy atom. The molecule has 0 unspecified atom stereocenters. The van der Waals surface area contributed by atoms with Crippen LogP contribution in [0.1, 0.15) is 18.9 Å². The lowest BCUT2D eigenvalue weighted by Crippen LogP contribution is -2.54. The minimum Gasteiger partial charge on any atom is -0.508 e. The zero-order valence-electron chi connectivity index (χ0n) is 14.8. The van der Waals surface area contributed by atoms with Gasteiger partial charge in [0.15, 0.2) is 0 Å². The highest BCUT2D eigenvalue weighted by Crippen LogP contribution is 2.12. The van der Waals surface area contributed by atoms with Gasteiger partial charge in [0.05, 0.1) is 6.04 Å². The summed E-state index contributed by atoms with van der Waals surface area (Å²) < 4.78 is 0. The van der Waals surface area contributed by atoms with Crippen LogP contribution in [0.2, 0.25) is 0 Å². The van der Waals surface area contributed by atoms with Gasteiger partial charge in [-0.3, -0.25) is 9.59 Å². The molecule has 26 heavy (non-hydrogen) atoms. The van der Waals surface area contributed by atoms with Crippen molar-refractivity contribution in [2.45, 2.75) is 37.9 Å². The van der Waals surface area contributed by atoms with E-state index < -0.39 is 35.9 Å². The van der Waals surface area contributed by atoms with E-state index in [1.54, 1.807) is 12.1 Å². The Morgan fingerprint density at radius 1 is 1.12 bits per heavy atom. The summed E-state index contributed by atoms with van der Waals surface area (Å²) in [6.07, 6.45) is 2.28. The number of phenols is 1. The molecule has 0 bridgehead atoms. The molecule has 1 aromatic rings. The number of amides is 2. The van der Waals surface area contributed by atoms with Crippen molar-refractivity contribution in [3.63, 3.8) is 0 Å². The van der Waals surface area contributed by atoms with Crippen LogP contribution >= 0.6 is 11.8 Å². The molecule has 0 spiro atoms. The molecule has 0 aliphatic carbocycles. The summed E-state index contributed by atoms with van der Waals surface area (Å²) in [7, 11) is 0. The second-order valence-electron chi connectivity index (χ2n) is 5.90. The molecule has 9 heteroatoms. The van der Waals surface area contributed by atoms with Crippen LogP contribution in [0.5, 0.6) is 5.75 Å². The molecule has 0 saturated heterocycles. The number of thioether (sulfide) groups is 1. The molecule has 144 valence electrons. The first kappa shape index (κ1) is 21.8. The van der Waals surface area contributed by atoms with Crippen molar-refractivity contribution in [1.82, 2.24) is 10.6 Å². The highest BCUT2D eigenvalue weighted by Gasteiger charge is 2.27. The predicted molar refractivity (Wildman–Crippen MR) is 100.0 cm³/mol. The highest BCUT2D eigenvalue weighted by atomic mass is 32.2. The lowest BCUT2D eigenvalue weighted by atomic mass is 10.0. The number of carbonyl (C=O) groups is 3. The summed E-state index contributed by atoms with van der Waals surface area (Å²) >= 11 is 1.51. The lowest BCUT2D eigenvalue weighted by Gasteiger charge is -2.22. The summed E-state index contributed by atoms with van der Waals surface area (Å²) in [6.45, 7) is 1.50. The SMILES string of the molecule is CSCC[C@H](NC(=O)[C@H](C)N)C(=O)N[C@@H](Cc1ccc(O)cc1)C(=O)O. The van der Waals surface area contributed by atoms with Crippen molar-refractivity contribution in [1.29, 1.82) is 0 Å². The fourth-order valence-corrected chi connectivity index (χ4v) is 2.62. The van der Waals surface area contributed by atoms with Crippen LogP contribution in [0.4, 0.5) is 0 Å². The summed E-state index contributed by atoms with van der Waals surface area (Å²) in [4.78, 5) is 35.8. The molecule has 1 rings (SSSR count). The Labute approximate surface area is 156 Å². The number of nitrogens with one attached hydrogen (secondary N) is 2. The Bertz CT molecular complexity index is 621. The van der Waals surface area contributed by atoms with Crippen LogP contribution in [-0.4, -0.2) is 58.1 Å². The Kier molecular flexibility index (Phi) is 8.94. The third-order valence-electron chi connectivity index (χ3n) is 3.65.